The number of rotatable bonds is 3. The van der Waals surface area contributed by atoms with Gasteiger partial charge >= 0.3 is 0 Å². The number of aryl methyl sites for hydroxylation is 1. The van der Waals surface area contributed by atoms with Gasteiger partial charge in [0.05, 0.1) is 0 Å². The molecule has 2 aliphatic heterocycles. The summed E-state index contributed by atoms with van der Waals surface area (Å²) in [4.78, 5) is 2.75. The molecule has 3 rings (SSSR count). The van der Waals surface area contributed by atoms with E-state index < -0.39 is 0 Å². The molecule has 0 bridgehead atoms. The van der Waals surface area contributed by atoms with E-state index in [-0.39, 0.29) is 0 Å². The average molecular weight is 258 g/mol. The highest BCUT2D eigenvalue weighted by atomic mass is 15.2. The number of nitrogens with zero attached hydrogens (tertiary/aromatic N) is 1. The summed E-state index contributed by atoms with van der Waals surface area (Å²) in [5.74, 6) is 1.73. The highest BCUT2D eigenvalue weighted by molar-refractivity contribution is 5.24. The average Bonchev–Trinajstić information content (AvgIpc) is 2.97. The Morgan fingerprint density at radius 2 is 2.00 bits per heavy atom. The SMILES string of the molecule is CCC(c1ccc(C)cc1)N1CC2CNCC2C1C. The predicted molar refractivity (Wildman–Crippen MR) is 80.2 cm³/mol. The minimum atomic E-state index is 0.598. The topological polar surface area (TPSA) is 15.3 Å². The summed E-state index contributed by atoms with van der Waals surface area (Å²) in [5, 5.41) is 3.55. The second-order valence-electron chi connectivity index (χ2n) is 6.35. The third-order valence-corrected chi connectivity index (χ3v) is 5.23. The van der Waals surface area contributed by atoms with Crippen LogP contribution in [-0.4, -0.2) is 30.6 Å². The van der Waals surface area contributed by atoms with Crippen molar-refractivity contribution in [3.63, 3.8) is 0 Å². The fourth-order valence-electron chi connectivity index (χ4n) is 4.06. The zero-order valence-electron chi connectivity index (χ0n) is 12.4. The third-order valence-electron chi connectivity index (χ3n) is 5.23. The second kappa shape index (κ2) is 5.26. The molecule has 0 saturated carbocycles. The second-order valence-corrected chi connectivity index (χ2v) is 6.35. The molecule has 1 aromatic carbocycles. The molecular weight excluding hydrogens is 232 g/mol. The summed E-state index contributed by atoms with van der Waals surface area (Å²) in [6.45, 7) is 10.6. The molecule has 2 saturated heterocycles. The smallest absolute Gasteiger partial charge is 0.0348 e. The Bertz CT molecular complexity index is 425. The Balaban J connectivity index is 1.81. The van der Waals surface area contributed by atoms with Crippen molar-refractivity contribution in [3.05, 3.63) is 35.4 Å². The van der Waals surface area contributed by atoms with Crippen LogP contribution in [-0.2, 0) is 0 Å². The Hall–Kier alpha value is -0.860. The molecule has 2 fully saturated rings. The molecule has 2 nitrogen and oxygen atoms in total. The zero-order valence-corrected chi connectivity index (χ0v) is 12.4. The van der Waals surface area contributed by atoms with Gasteiger partial charge < -0.3 is 5.32 Å². The Labute approximate surface area is 117 Å². The van der Waals surface area contributed by atoms with E-state index in [4.69, 9.17) is 0 Å². The van der Waals surface area contributed by atoms with E-state index in [9.17, 15) is 0 Å². The molecule has 1 N–H and O–H groups in total. The van der Waals surface area contributed by atoms with Crippen molar-refractivity contribution >= 4 is 0 Å². The van der Waals surface area contributed by atoms with E-state index in [1.54, 1.807) is 0 Å². The van der Waals surface area contributed by atoms with Crippen LogP contribution in [0.1, 0.15) is 37.4 Å². The maximum absolute atomic E-state index is 3.55. The van der Waals surface area contributed by atoms with Crippen molar-refractivity contribution in [2.75, 3.05) is 19.6 Å². The number of hydrogen-bond donors (Lipinski definition) is 1. The van der Waals surface area contributed by atoms with Gasteiger partial charge in [-0.2, -0.15) is 0 Å². The molecule has 0 aliphatic carbocycles. The quantitative estimate of drug-likeness (QED) is 0.896. The molecule has 2 aliphatic rings. The first-order chi connectivity index (χ1) is 9.20. The standard InChI is InChI=1S/C17H26N2/c1-4-17(14-7-5-12(2)6-8-14)19-11-15-9-18-10-16(15)13(19)3/h5-8,13,15-18H,4,9-11H2,1-3H3. The van der Waals surface area contributed by atoms with Gasteiger partial charge in [0.25, 0.3) is 0 Å². The lowest BCUT2D eigenvalue weighted by molar-refractivity contribution is 0.166. The van der Waals surface area contributed by atoms with Crippen LogP contribution in [0.25, 0.3) is 0 Å². The van der Waals surface area contributed by atoms with Crippen LogP contribution in [0, 0.1) is 18.8 Å². The monoisotopic (exact) mass is 258 g/mol. The van der Waals surface area contributed by atoms with Gasteiger partial charge in [-0.1, -0.05) is 36.8 Å². The maximum atomic E-state index is 3.55. The van der Waals surface area contributed by atoms with Gasteiger partial charge in [0.2, 0.25) is 0 Å². The Morgan fingerprint density at radius 1 is 1.26 bits per heavy atom. The largest absolute Gasteiger partial charge is 0.316 e. The van der Waals surface area contributed by atoms with Crippen LogP contribution in [0.2, 0.25) is 0 Å². The van der Waals surface area contributed by atoms with E-state index in [0.717, 1.165) is 11.8 Å². The summed E-state index contributed by atoms with van der Waals surface area (Å²) < 4.78 is 0. The van der Waals surface area contributed by atoms with Crippen LogP contribution in [0.15, 0.2) is 24.3 Å². The fourth-order valence-corrected chi connectivity index (χ4v) is 4.06. The molecule has 0 radical (unpaired) electrons. The van der Waals surface area contributed by atoms with Crippen molar-refractivity contribution in [2.45, 2.75) is 39.3 Å². The Kier molecular flexibility index (Phi) is 3.64. The van der Waals surface area contributed by atoms with Crippen molar-refractivity contribution in [1.82, 2.24) is 10.2 Å². The van der Waals surface area contributed by atoms with E-state index in [1.807, 2.05) is 0 Å². The fraction of sp³-hybridized carbons (Fsp3) is 0.647. The van der Waals surface area contributed by atoms with Gasteiger partial charge in [-0.05, 0) is 50.8 Å². The number of benzene rings is 1. The van der Waals surface area contributed by atoms with E-state index in [1.165, 1.54) is 37.2 Å². The first kappa shape index (κ1) is 13.1. The van der Waals surface area contributed by atoms with E-state index in [2.05, 4.69) is 55.3 Å². The third kappa shape index (κ3) is 2.32. The predicted octanol–water partition coefficient (Wildman–Crippen LogP) is 2.99. The van der Waals surface area contributed by atoms with Crippen LogP contribution in [0.4, 0.5) is 0 Å². The molecule has 4 unspecified atom stereocenters. The molecule has 2 heteroatoms. The van der Waals surface area contributed by atoms with Crippen molar-refractivity contribution in [3.8, 4) is 0 Å². The normalized spacial score (nSPS) is 32.5. The number of hydrogen-bond acceptors (Lipinski definition) is 2. The summed E-state index contributed by atoms with van der Waals surface area (Å²) in [7, 11) is 0. The van der Waals surface area contributed by atoms with E-state index in [0.29, 0.717) is 12.1 Å². The molecule has 19 heavy (non-hydrogen) atoms. The number of nitrogens with one attached hydrogen (secondary N) is 1. The lowest BCUT2D eigenvalue weighted by atomic mass is 9.95. The summed E-state index contributed by atoms with van der Waals surface area (Å²) in [6.07, 6.45) is 1.21. The Morgan fingerprint density at radius 3 is 2.63 bits per heavy atom. The molecule has 2 heterocycles. The lowest BCUT2D eigenvalue weighted by Crippen LogP contribution is -2.36. The van der Waals surface area contributed by atoms with Crippen molar-refractivity contribution in [2.24, 2.45) is 11.8 Å². The van der Waals surface area contributed by atoms with Gasteiger partial charge in [0, 0.05) is 18.6 Å². The molecule has 0 amide bonds. The summed E-state index contributed by atoms with van der Waals surface area (Å²) in [6, 6.07) is 10.5. The van der Waals surface area contributed by atoms with Crippen molar-refractivity contribution < 1.29 is 0 Å². The van der Waals surface area contributed by atoms with Gasteiger partial charge in [0.1, 0.15) is 0 Å². The van der Waals surface area contributed by atoms with Crippen LogP contribution in [0.3, 0.4) is 0 Å². The van der Waals surface area contributed by atoms with Gasteiger partial charge in [-0.3, -0.25) is 4.90 Å². The van der Waals surface area contributed by atoms with Crippen LogP contribution >= 0.6 is 0 Å². The summed E-state index contributed by atoms with van der Waals surface area (Å²) >= 11 is 0. The van der Waals surface area contributed by atoms with Crippen LogP contribution in [0.5, 0.6) is 0 Å². The molecule has 1 aromatic rings. The minimum absolute atomic E-state index is 0.598. The highest BCUT2D eigenvalue weighted by Gasteiger charge is 2.43. The van der Waals surface area contributed by atoms with Gasteiger partial charge in [-0.15, -0.1) is 0 Å². The zero-order chi connectivity index (χ0) is 13.4. The maximum Gasteiger partial charge on any atom is 0.0348 e. The van der Waals surface area contributed by atoms with Gasteiger partial charge in [-0.25, -0.2) is 0 Å². The molecular formula is C17H26N2. The van der Waals surface area contributed by atoms with Crippen molar-refractivity contribution in [1.29, 1.82) is 0 Å². The molecule has 0 spiro atoms. The molecule has 104 valence electrons. The first-order valence-electron chi connectivity index (χ1n) is 7.73. The van der Waals surface area contributed by atoms with Crippen LogP contribution < -0.4 is 5.32 Å². The number of likely N-dealkylation sites (tertiary alicyclic amines) is 1. The highest BCUT2D eigenvalue weighted by Crippen LogP contribution is 2.39. The summed E-state index contributed by atoms with van der Waals surface area (Å²) in [5.41, 5.74) is 2.85. The minimum Gasteiger partial charge on any atom is -0.316 e. The molecule has 4 atom stereocenters. The van der Waals surface area contributed by atoms with Gasteiger partial charge in [0.15, 0.2) is 0 Å². The molecule has 0 aromatic heterocycles. The first-order valence-corrected chi connectivity index (χ1v) is 7.73. The van der Waals surface area contributed by atoms with E-state index >= 15 is 0 Å². The number of fused-ring (bicyclic) bond motifs is 1. The lowest BCUT2D eigenvalue weighted by Gasteiger charge is -2.33.